The average molecular weight is 247 g/mol. The minimum Gasteiger partial charge on any atom is -0.392 e. The van der Waals surface area contributed by atoms with Crippen molar-refractivity contribution in [3.8, 4) is 0 Å². The zero-order chi connectivity index (χ0) is 13.0. The van der Waals surface area contributed by atoms with Crippen molar-refractivity contribution in [1.82, 2.24) is 0 Å². The van der Waals surface area contributed by atoms with Crippen molar-refractivity contribution in [2.75, 3.05) is 5.32 Å². The van der Waals surface area contributed by atoms with E-state index in [1.54, 1.807) is 0 Å². The molecule has 1 saturated carbocycles. The lowest BCUT2D eigenvalue weighted by Crippen LogP contribution is -2.24. The standard InChI is InChI=1S/C15H21NO2/c1-11-7-8-14(9-13(11)10-17)16-15(18)12-5-3-2-4-6-12/h7-9,12,17H,2-6,10H2,1H3,(H,16,18). The molecule has 0 bridgehead atoms. The van der Waals surface area contributed by atoms with Gasteiger partial charge in [-0.15, -0.1) is 0 Å². The highest BCUT2D eigenvalue weighted by Gasteiger charge is 2.21. The molecule has 18 heavy (non-hydrogen) atoms. The zero-order valence-electron chi connectivity index (χ0n) is 10.9. The summed E-state index contributed by atoms with van der Waals surface area (Å²) < 4.78 is 0. The quantitative estimate of drug-likeness (QED) is 0.862. The van der Waals surface area contributed by atoms with E-state index in [0.717, 1.165) is 42.5 Å². The Morgan fingerprint density at radius 2 is 2.06 bits per heavy atom. The Kier molecular flexibility index (Phi) is 4.37. The first-order chi connectivity index (χ1) is 8.70. The molecule has 2 rings (SSSR count). The maximum Gasteiger partial charge on any atom is 0.227 e. The van der Waals surface area contributed by atoms with Crippen LogP contribution < -0.4 is 5.32 Å². The molecule has 1 aliphatic rings. The summed E-state index contributed by atoms with van der Waals surface area (Å²) in [7, 11) is 0. The first-order valence-electron chi connectivity index (χ1n) is 6.72. The second-order valence-corrected chi connectivity index (χ2v) is 5.12. The van der Waals surface area contributed by atoms with Gasteiger partial charge in [-0.2, -0.15) is 0 Å². The highest BCUT2D eigenvalue weighted by Crippen LogP contribution is 2.25. The Bertz CT molecular complexity index is 423. The van der Waals surface area contributed by atoms with E-state index in [0.29, 0.717) is 0 Å². The van der Waals surface area contributed by atoms with E-state index in [9.17, 15) is 9.90 Å². The number of carbonyl (C=O) groups excluding carboxylic acids is 1. The van der Waals surface area contributed by atoms with E-state index in [2.05, 4.69) is 5.32 Å². The first-order valence-corrected chi connectivity index (χ1v) is 6.72. The maximum absolute atomic E-state index is 12.1. The van der Waals surface area contributed by atoms with E-state index < -0.39 is 0 Å². The van der Waals surface area contributed by atoms with Crippen LogP contribution in [-0.4, -0.2) is 11.0 Å². The van der Waals surface area contributed by atoms with Gasteiger partial charge in [-0.1, -0.05) is 25.3 Å². The number of amides is 1. The van der Waals surface area contributed by atoms with Gasteiger partial charge in [0.15, 0.2) is 0 Å². The van der Waals surface area contributed by atoms with Crippen molar-refractivity contribution in [3.05, 3.63) is 29.3 Å². The molecule has 98 valence electrons. The number of hydrogen-bond acceptors (Lipinski definition) is 2. The Balaban J connectivity index is 2.02. The number of benzene rings is 1. The highest BCUT2D eigenvalue weighted by atomic mass is 16.3. The van der Waals surface area contributed by atoms with Crippen LogP contribution in [0.25, 0.3) is 0 Å². The molecule has 0 saturated heterocycles. The van der Waals surface area contributed by atoms with E-state index >= 15 is 0 Å². The third-order valence-electron chi connectivity index (χ3n) is 3.76. The first kappa shape index (κ1) is 13.1. The molecule has 1 aliphatic carbocycles. The Labute approximate surface area is 108 Å². The van der Waals surface area contributed by atoms with E-state index in [-0.39, 0.29) is 18.4 Å². The summed E-state index contributed by atoms with van der Waals surface area (Å²) in [5, 5.41) is 12.2. The van der Waals surface area contributed by atoms with Crippen molar-refractivity contribution < 1.29 is 9.90 Å². The van der Waals surface area contributed by atoms with Crippen LogP contribution in [0.15, 0.2) is 18.2 Å². The zero-order valence-corrected chi connectivity index (χ0v) is 10.9. The van der Waals surface area contributed by atoms with Gasteiger partial charge in [0.25, 0.3) is 0 Å². The molecule has 1 aromatic carbocycles. The molecule has 3 nitrogen and oxygen atoms in total. The molecular formula is C15H21NO2. The summed E-state index contributed by atoms with van der Waals surface area (Å²) in [6.07, 6.45) is 5.58. The monoisotopic (exact) mass is 247 g/mol. The molecule has 1 amide bonds. The molecule has 0 heterocycles. The van der Waals surface area contributed by atoms with Crippen LogP contribution in [0.3, 0.4) is 0 Å². The van der Waals surface area contributed by atoms with Gasteiger partial charge >= 0.3 is 0 Å². The topological polar surface area (TPSA) is 49.3 Å². The van der Waals surface area contributed by atoms with Gasteiger partial charge < -0.3 is 10.4 Å². The van der Waals surface area contributed by atoms with Crippen molar-refractivity contribution in [3.63, 3.8) is 0 Å². The summed E-state index contributed by atoms with van der Waals surface area (Å²) in [5.74, 6) is 0.292. The number of aliphatic hydroxyl groups excluding tert-OH is 1. The van der Waals surface area contributed by atoms with Gasteiger partial charge in [-0.3, -0.25) is 4.79 Å². The molecule has 0 radical (unpaired) electrons. The summed E-state index contributed by atoms with van der Waals surface area (Å²) in [5.41, 5.74) is 2.71. The van der Waals surface area contributed by atoms with Crippen LogP contribution in [0, 0.1) is 12.8 Å². The minimum absolute atomic E-state index is 0.0129. The Morgan fingerprint density at radius 3 is 2.72 bits per heavy atom. The summed E-state index contributed by atoms with van der Waals surface area (Å²) in [4.78, 5) is 12.1. The molecule has 0 atom stereocenters. The predicted octanol–water partition coefficient (Wildman–Crippen LogP) is 3.01. The van der Waals surface area contributed by atoms with Gasteiger partial charge in [0, 0.05) is 11.6 Å². The fraction of sp³-hybridized carbons (Fsp3) is 0.533. The number of nitrogens with one attached hydrogen (secondary N) is 1. The number of rotatable bonds is 3. The lowest BCUT2D eigenvalue weighted by atomic mass is 9.88. The number of aliphatic hydroxyl groups is 1. The molecule has 2 N–H and O–H groups in total. The largest absolute Gasteiger partial charge is 0.392 e. The van der Waals surface area contributed by atoms with Gasteiger partial charge in [0.05, 0.1) is 6.61 Å². The van der Waals surface area contributed by atoms with Crippen LogP contribution in [0.5, 0.6) is 0 Å². The minimum atomic E-state index is 0.0129. The SMILES string of the molecule is Cc1ccc(NC(=O)C2CCCCC2)cc1CO. The normalized spacial score (nSPS) is 16.6. The van der Waals surface area contributed by atoms with Crippen molar-refractivity contribution >= 4 is 11.6 Å². The van der Waals surface area contributed by atoms with E-state index in [4.69, 9.17) is 0 Å². The van der Waals surface area contributed by atoms with Crippen molar-refractivity contribution in [2.45, 2.75) is 45.6 Å². The third-order valence-corrected chi connectivity index (χ3v) is 3.76. The number of carbonyl (C=O) groups is 1. The van der Waals surface area contributed by atoms with Crippen molar-refractivity contribution in [2.24, 2.45) is 5.92 Å². The average Bonchev–Trinajstić information content (AvgIpc) is 2.42. The molecule has 1 fully saturated rings. The fourth-order valence-electron chi connectivity index (χ4n) is 2.53. The van der Waals surface area contributed by atoms with Gasteiger partial charge in [-0.25, -0.2) is 0 Å². The van der Waals surface area contributed by atoms with Gasteiger partial charge in [0.2, 0.25) is 5.91 Å². The highest BCUT2D eigenvalue weighted by molar-refractivity contribution is 5.92. The Morgan fingerprint density at radius 1 is 1.33 bits per heavy atom. The maximum atomic E-state index is 12.1. The molecule has 0 unspecified atom stereocenters. The van der Waals surface area contributed by atoms with E-state index in [1.165, 1.54) is 6.42 Å². The van der Waals surface area contributed by atoms with Crippen LogP contribution >= 0.6 is 0 Å². The van der Waals surface area contributed by atoms with Crippen LogP contribution in [0.4, 0.5) is 5.69 Å². The molecule has 0 aromatic heterocycles. The molecule has 3 heteroatoms. The second-order valence-electron chi connectivity index (χ2n) is 5.12. The van der Waals surface area contributed by atoms with E-state index in [1.807, 2.05) is 25.1 Å². The summed E-state index contributed by atoms with van der Waals surface area (Å²) in [6.45, 7) is 1.97. The Hall–Kier alpha value is -1.35. The summed E-state index contributed by atoms with van der Waals surface area (Å²) >= 11 is 0. The molecular weight excluding hydrogens is 226 g/mol. The number of anilines is 1. The molecule has 0 spiro atoms. The third kappa shape index (κ3) is 3.10. The van der Waals surface area contributed by atoms with Gasteiger partial charge in [0.1, 0.15) is 0 Å². The van der Waals surface area contributed by atoms with Gasteiger partial charge in [-0.05, 0) is 43.0 Å². The van der Waals surface area contributed by atoms with Crippen molar-refractivity contribution in [1.29, 1.82) is 0 Å². The molecule has 0 aliphatic heterocycles. The lowest BCUT2D eigenvalue weighted by Gasteiger charge is -2.21. The number of hydrogen-bond donors (Lipinski definition) is 2. The predicted molar refractivity (Wildman–Crippen MR) is 72.3 cm³/mol. The lowest BCUT2D eigenvalue weighted by molar-refractivity contribution is -0.120. The smallest absolute Gasteiger partial charge is 0.227 e. The molecule has 1 aromatic rings. The van der Waals surface area contributed by atoms with Crippen LogP contribution in [-0.2, 0) is 11.4 Å². The van der Waals surface area contributed by atoms with Crippen LogP contribution in [0.1, 0.15) is 43.2 Å². The van der Waals surface area contributed by atoms with Crippen LogP contribution in [0.2, 0.25) is 0 Å². The fourth-order valence-corrected chi connectivity index (χ4v) is 2.53. The summed E-state index contributed by atoms with van der Waals surface area (Å²) in [6, 6.07) is 5.69. The second kappa shape index (κ2) is 6.01. The number of aryl methyl sites for hydroxylation is 1.